The van der Waals surface area contributed by atoms with Crippen molar-refractivity contribution in [1.82, 2.24) is 4.98 Å². The first-order valence-corrected chi connectivity index (χ1v) is 6.17. The van der Waals surface area contributed by atoms with Crippen LogP contribution >= 0.6 is 0 Å². The summed E-state index contributed by atoms with van der Waals surface area (Å²) < 4.78 is 0. The van der Waals surface area contributed by atoms with Crippen molar-refractivity contribution in [1.29, 1.82) is 0 Å². The molecule has 5 heteroatoms. The van der Waals surface area contributed by atoms with Crippen LogP contribution in [0.3, 0.4) is 0 Å². The maximum atomic E-state index is 11.0. The molecule has 0 unspecified atom stereocenters. The van der Waals surface area contributed by atoms with Crippen LogP contribution in [0.15, 0.2) is 12.1 Å². The van der Waals surface area contributed by atoms with Crippen molar-refractivity contribution in [2.24, 2.45) is 5.41 Å². The van der Waals surface area contributed by atoms with Gasteiger partial charge in [-0.15, -0.1) is 0 Å². The molecule has 1 aromatic heterocycles. The van der Waals surface area contributed by atoms with Crippen LogP contribution in [0.5, 0.6) is 0 Å². The van der Waals surface area contributed by atoms with Crippen molar-refractivity contribution in [3.63, 3.8) is 0 Å². The number of aromatic nitrogens is 1. The predicted molar refractivity (Wildman–Crippen MR) is 67.8 cm³/mol. The highest BCUT2D eigenvalue weighted by Gasteiger charge is 2.41. The number of carboxylic acid groups (broad SMARTS) is 1. The van der Waals surface area contributed by atoms with Crippen LogP contribution < -0.4 is 5.32 Å². The van der Waals surface area contributed by atoms with Gasteiger partial charge in [0.2, 0.25) is 0 Å². The lowest BCUT2D eigenvalue weighted by Crippen LogP contribution is -2.20. The van der Waals surface area contributed by atoms with Gasteiger partial charge in [-0.25, -0.2) is 9.78 Å². The molecule has 1 aromatic rings. The zero-order chi connectivity index (χ0) is 13.2. The third kappa shape index (κ3) is 2.79. The lowest BCUT2D eigenvalue weighted by atomic mass is 10.1. The fourth-order valence-corrected chi connectivity index (χ4v) is 1.83. The van der Waals surface area contributed by atoms with Gasteiger partial charge in [-0.1, -0.05) is 6.92 Å². The lowest BCUT2D eigenvalue weighted by Gasteiger charge is -2.14. The quantitative estimate of drug-likeness (QED) is 0.713. The Hall–Kier alpha value is -1.62. The Labute approximate surface area is 106 Å². The minimum Gasteiger partial charge on any atom is -0.478 e. The van der Waals surface area contributed by atoms with Crippen LogP contribution in [0.25, 0.3) is 0 Å². The third-order valence-electron chi connectivity index (χ3n) is 3.42. The van der Waals surface area contributed by atoms with Gasteiger partial charge >= 0.3 is 5.97 Å². The standard InChI is InChI=1S/C13H18N2O3/c1-2-10-5-9(12(17)18)6-11(15-10)14-7-13(8-16)3-4-13/h5-6,16H,2-4,7-8H2,1H3,(H,14,15)(H,17,18). The van der Waals surface area contributed by atoms with Crippen LogP contribution in [0.2, 0.25) is 0 Å². The molecule has 3 N–H and O–H groups in total. The van der Waals surface area contributed by atoms with Crippen molar-refractivity contribution < 1.29 is 15.0 Å². The molecule has 0 atom stereocenters. The summed E-state index contributed by atoms with van der Waals surface area (Å²) >= 11 is 0. The zero-order valence-electron chi connectivity index (χ0n) is 10.4. The molecule has 1 aliphatic carbocycles. The first-order chi connectivity index (χ1) is 8.58. The topological polar surface area (TPSA) is 82.5 Å². The zero-order valence-corrected chi connectivity index (χ0v) is 10.4. The molecule has 1 aliphatic rings. The third-order valence-corrected chi connectivity index (χ3v) is 3.42. The normalized spacial score (nSPS) is 16.3. The highest BCUT2D eigenvalue weighted by atomic mass is 16.4. The Morgan fingerprint density at radius 3 is 2.72 bits per heavy atom. The average molecular weight is 250 g/mol. The summed E-state index contributed by atoms with van der Waals surface area (Å²) in [7, 11) is 0. The number of rotatable bonds is 6. The molecule has 1 heterocycles. The van der Waals surface area contributed by atoms with E-state index in [-0.39, 0.29) is 17.6 Å². The molecular formula is C13H18N2O3. The Morgan fingerprint density at radius 2 is 2.22 bits per heavy atom. The minimum atomic E-state index is -0.946. The maximum Gasteiger partial charge on any atom is 0.335 e. The van der Waals surface area contributed by atoms with E-state index in [0.717, 1.165) is 18.5 Å². The number of anilines is 1. The lowest BCUT2D eigenvalue weighted by molar-refractivity contribution is 0.0696. The van der Waals surface area contributed by atoms with Gasteiger partial charge in [0.15, 0.2) is 0 Å². The molecule has 0 amide bonds. The summed E-state index contributed by atoms with van der Waals surface area (Å²) in [6.07, 6.45) is 2.71. The average Bonchev–Trinajstić information content (AvgIpc) is 3.16. The van der Waals surface area contributed by atoms with E-state index in [9.17, 15) is 9.90 Å². The van der Waals surface area contributed by atoms with Gasteiger partial charge in [-0.05, 0) is 31.4 Å². The van der Waals surface area contributed by atoms with E-state index in [1.54, 1.807) is 6.07 Å². The van der Waals surface area contributed by atoms with Crippen LogP contribution in [0.1, 0.15) is 35.8 Å². The molecular weight excluding hydrogens is 232 g/mol. The number of nitrogens with one attached hydrogen (secondary N) is 1. The smallest absolute Gasteiger partial charge is 0.335 e. The van der Waals surface area contributed by atoms with Crippen LogP contribution in [0, 0.1) is 5.41 Å². The molecule has 0 spiro atoms. The van der Waals surface area contributed by atoms with Crippen molar-refractivity contribution in [3.05, 3.63) is 23.4 Å². The molecule has 5 nitrogen and oxygen atoms in total. The van der Waals surface area contributed by atoms with E-state index in [1.807, 2.05) is 6.92 Å². The molecule has 2 rings (SSSR count). The second-order valence-electron chi connectivity index (χ2n) is 4.90. The van der Waals surface area contributed by atoms with E-state index in [2.05, 4.69) is 10.3 Å². The SMILES string of the molecule is CCc1cc(C(=O)O)cc(NCC2(CO)CC2)n1. The van der Waals surface area contributed by atoms with Crippen molar-refractivity contribution in [2.75, 3.05) is 18.5 Å². The maximum absolute atomic E-state index is 11.0. The molecule has 1 fully saturated rings. The second-order valence-corrected chi connectivity index (χ2v) is 4.90. The monoisotopic (exact) mass is 250 g/mol. The summed E-state index contributed by atoms with van der Waals surface area (Å²) in [4.78, 5) is 15.3. The Balaban J connectivity index is 2.11. The number of carbonyl (C=O) groups is 1. The number of nitrogens with zero attached hydrogens (tertiary/aromatic N) is 1. The van der Waals surface area contributed by atoms with Crippen molar-refractivity contribution in [3.8, 4) is 0 Å². The van der Waals surface area contributed by atoms with Gasteiger partial charge in [0.1, 0.15) is 5.82 Å². The highest BCUT2D eigenvalue weighted by molar-refractivity contribution is 5.88. The molecule has 0 aromatic carbocycles. The number of hydrogen-bond donors (Lipinski definition) is 3. The number of carboxylic acids is 1. The van der Waals surface area contributed by atoms with Crippen molar-refractivity contribution in [2.45, 2.75) is 26.2 Å². The van der Waals surface area contributed by atoms with E-state index in [1.165, 1.54) is 6.07 Å². The fourth-order valence-electron chi connectivity index (χ4n) is 1.83. The molecule has 98 valence electrons. The highest BCUT2D eigenvalue weighted by Crippen LogP contribution is 2.44. The second kappa shape index (κ2) is 4.94. The van der Waals surface area contributed by atoms with E-state index in [0.29, 0.717) is 18.8 Å². The summed E-state index contributed by atoms with van der Waals surface area (Å²) in [5.41, 5.74) is 0.984. The first-order valence-electron chi connectivity index (χ1n) is 6.17. The van der Waals surface area contributed by atoms with E-state index >= 15 is 0 Å². The number of aliphatic hydroxyl groups excluding tert-OH is 1. The van der Waals surface area contributed by atoms with Gasteiger partial charge in [0.25, 0.3) is 0 Å². The molecule has 18 heavy (non-hydrogen) atoms. The number of hydrogen-bond acceptors (Lipinski definition) is 4. The summed E-state index contributed by atoms with van der Waals surface area (Å²) in [5.74, 6) is -0.370. The van der Waals surface area contributed by atoms with Gasteiger partial charge < -0.3 is 15.5 Å². The number of aromatic carboxylic acids is 1. The molecule has 0 radical (unpaired) electrons. The van der Waals surface area contributed by atoms with Crippen molar-refractivity contribution >= 4 is 11.8 Å². The Kier molecular flexibility index (Phi) is 3.52. The molecule has 0 saturated heterocycles. The largest absolute Gasteiger partial charge is 0.478 e. The predicted octanol–water partition coefficient (Wildman–Crippen LogP) is 1.53. The number of aliphatic hydroxyl groups is 1. The van der Waals surface area contributed by atoms with Gasteiger partial charge in [0, 0.05) is 17.7 Å². The van der Waals surface area contributed by atoms with Crippen LogP contribution in [-0.4, -0.2) is 34.3 Å². The minimum absolute atomic E-state index is 0.0205. The van der Waals surface area contributed by atoms with Crippen LogP contribution in [0.4, 0.5) is 5.82 Å². The van der Waals surface area contributed by atoms with E-state index in [4.69, 9.17) is 5.11 Å². The number of pyridine rings is 1. The van der Waals surface area contributed by atoms with Gasteiger partial charge in [-0.3, -0.25) is 0 Å². The Morgan fingerprint density at radius 1 is 1.50 bits per heavy atom. The molecule has 1 saturated carbocycles. The van der Waals surface area contributed by atoms with Gasteiger partial charge in [-0.2, -0.15) is 0 Å². The Bertz CT molecular complexity index is 456. The summed E-state index contributed by atoms with van der Waals surface area (Å²) in [6.45, 7) is 2.75. The van der Waals surface area contributed by atoms with Crippen LogP contribution in [-0.2, 0) is 6.42 Å². The molecule has 0 bridgehead atoms. The molecule has 0 aliphatic heterocycles. The summed E-state index contributed by atoms with van der Waals surface area (Å²) in [5, 5.41) is 21.4. The number of aryl methyl sites for hydroxylation is 1. The van der Waals surface area contributed by atoms with E-state index < -0.39 is 5.97 Å². The van der Waals surface area contributed by atoms with Gasteiger partial charge in [0.05, 0.1) is 12.2 Å². The first kappa shape index (κ1) is 12.8. The fraction of sp³-hybridized carbons (Fsp3) is 0.538. The summed E-state index contributed by atoms with van der Waals surface area (Å²) in [6, 6.07) is 3.13.